The quantitative estimate of drug-likeness (QED) is 0.764. The predicted octanol–water partition coefficient (Wildman–Crippen LogP) is 1.04. The molecule has 0 atom stereocenters. The molecular formula is C14H18N2O3. The first-order valence-corrected chi connectivity index (χ1v) is 6.45. The SMILES string of the molecule is COC(=O)C1CCN(C(=O)Cc2ccncc2)CC1. The molecule has 5 nitrogen and oxygen atoms in total. The van der Waals surface area contributed by atoms with Crippen LogP contribution in [-0.4, -0.2) is 42.0 Å². The molecule has 2 heterocycles. The van der Waals surface area contributed by atoms with Crippen LogP contribution in [0, 0.1) is 5.92 Å². The molecule has 1 aromatic rings. The molecule has 0 saturated carbocycles. The molecule has 5 heteroatoms. The average molecular weight is 262 g/mol. The lowest BCUT2D eigenvalue weighted by atomic mass is 9.96. The molecule has 19 heavy (non-hydrogen) atoms. The minimum Gasteiger partial charge on any atom is -0.469 e. The Morgan fingerprint density at radius 1 is 1.32 bits per heavy atom. The number of piperidine rings is 1. The maximum Gasteiger partial charge on any atom is 0.308 e. The van der Waals surface area contributed by atoms with E-state index in [-0.39, 0.29) is 17.8 Å². The second-order valence-electron chi connectivity index (χ2n) is 4.71. The molecule has 0 radical (unpaired) electrons. The minimum absolute atomic E-state index is 0.0602. The van der Waals surface area contributed by atoms with E-state index in [1.54, 1.807) is 12.4 Å². The Hall–Kier alpha value is -1.91. The van der Waals surface area contributed by atoms with E-state index in [0.717, 1.165) is 5.56 Å². The smallest absolute Gasteiger partial charge is 0.308 e. The van der Waals surface area contributed by atoms with Gasteiger partial charge in [-0.25, -0.2) is 0 Å². The van der Waals surface area contributed by atoms with Gasteiger partial charge in [0.25, 0.3) is 0 Å². The molecule has 1 saturated heterocycles. The van der Waals surface area contributed by atoms with Gasteiger partial charge in [0.1, 0.15) is 0 Å². The summed E-state index contributed by atoms with van der Waals surface area (Å²) in [5, 5.41) is 0. The lowest BCUT2D eigenvalue weighted by molar-refractivity contribution is -0.148. The van der Waals surface area contributed by atoms with Crippen molar-refractivity contribution in [3.63, 3.8) is 0 Å². The molecule has 1 aliphatic rings. The van der Waals surface area contributed by atoms with Crippen LogP contribution in [0.1, 0.15) is 18.4 Å². The Kier molecular flexibility index (Phi) is 4.49. The molecule has 1 aromatic heterocycles. The van der Waals surface area contributed by atoms with Crippen LogP contribution in [0.25, 0.3) is 0 Å². The van der Waals surface area contributed by atoms with Gasteiger partial charge in [-0.2, -0.15) is 0 Å². The zero-order valence-electron chi connectivity index (χ0n) is 11.0. The number of nitrogens with zero attached hydrogens (tertiary/aromatic N) is 2. The van der Waals surface area contributed by atoms with Crippen molar-refractivity contribution >= 4 is 11.9 Å². The predicted molar refractivity (Wildman–Crippen MR) is 69.3 cm³/mol. The van der Waals surface area contributed by atoms with Gasteiger partial charge < -0.3 is 9.64 Å². The molecule has 1 aliphatic heterocycles. The Bertz CT molecular complexity index is 439. The lowest BCUT2D eigenvalue weighted by Gasteiger charge is -2.30. The number of ether oxygens (including phenoxy) is 1. The summed E-state index contributed by atoms with van der Waals surface area (Å²) < 4.78 is 4.73. The summed E-state index contributed by atoms with van der Waals surface area (Å²) in [4.78, 5) is 29.3. The average Bonchev–Trinajstić information content (AvgIpc) is 2.47. The van der Waals surface area contributed by atoms with Crippen molar-refractivity contribution in [3.8, 4) is 0 Å². The van der Waals surface area contributed by atoms with Gasteiger partial charge in [0, 0.05) is 25.5 Å². The summed E-state index contributed by atoms with van der Waals surface area (Å²) in [5.74, 6) is -0.120. The molecule has 1 amide bonds. The van der Waals surface area contributed by atoms with E-state index in [1.165, 1.54) is 7.11 Å². The Morgan fingerprint density at radius 2 is 1.95 bits per heavy atom. The number of likely N-dealkylation sites (tertiary alicyclic amines) is 1. The number of hydrogen-bond donors (Lipinski definition) is 0. The van der Waals surface area contributed by atoms with Crippen LogP contribution in [0.2, 0.25) is 0 Å². The third kappa shape index (κ3) is 3.53. The number of esters is 1. The van der Waals surface area contributed by atoms with Crippen molar-refractivity contribution < 1.29 is 14.3 Å². The van der Waals surface area contributed by atoms with Gasteiger partial charge in [-0.15, -0.1) is 0 Å². The standard InChI is InChI=1S/C14H18N2O3/c1-19-14(18)12-4-8-16(9-5-12)13(17)10-11-2-6-15-7-3-11/h2-3,6-7,12H,4-5,8-10H2,1H3. The fourth-order valence-electron chi connectivity index (χ4n) is 2.32. The Balaban J connectivity index is 1.84. The third-order valence-corrected chi connectivity index (χ3v) is 3.49. The highest BCUT2D eigenvalue weighted by molar-refractivity contribution is 5.79. The summed E-state index contributed by atoms with van der Waals surface area (Å²) in [6, 6.07) is 3.69. The number of aromatic nitrogens is 1. The number of methoxy groups -OCH3 is 1. The molecular weight excluding hydrogens is 244 g/mol. The van der Waals surface area contributed by atoms with Crippen molar-refractivity contribution in [1.82, 2.24) is 9.88 Å². The molecule has 1 fully saturated rings. The number of hydrogen-bond acceptors (Lipinski definition) is 4. The van der Waals surface area contributed by atoms with Crippen LogP contribution in [0.4, 0.5) is 0 Å². The van der Waals surface area contributed by atoms with Gasteiger partial charge >= 0.3 is 5.97 Å². The molecule has 0 aromatic carbocycles. The van der Waals surface area contributed by atoms with Gasteiger partial charge in [0.2, 0.25) is 5.91 Å². The third-order valence-electron chi connectivity index (χ3n) is 3.49. The highest BCUT2D eigenvalue weighted by Crippen LogP contribution is 2.19. The first kappa shape index (κ1) is 13.5. The summed E-state index contributed by atoms with van der Waals surface area (Å²) >= 11 is 0. The van der Waals surface area contributed by atoms with Crippen LogP contribution >= 0.6 is 0 Å². The van der Waals surface area contributed by atoms with E-state index >= 15 is 0 Å². The lowest BCUT2D eigenvalue weighted by Crippen LogP contribution is -2.41. The molecule has 102 valence electrons. The Morgan fingerprint density at radius 3 is 2.53 bits per heavy atom. The van der Waals surface area contributed by atoms with E-state index in [2.05, 4.69) is 4.98 Å². The van der Waals surface area contributed by atoms with Crippen molar-refractivity contribution in [3.05, 3.63) is 30.1 Å². The van der Waals surface area contributed by atoms with Gasteiger partial charge in [-0.05, 0) is 30.5 Å². The number of pyridine rings is 1. The highest BCUT2D eigenvalue weighted by atomic mass is 16.5. The monoisotopic (exact) mass is 262 g/mol. The van der Waals surface area contributed by atoms with E-state index in [9.17, 15) is 9.59 Å². The van der Waals surface area contributed by atoms with Crippen LogP contribution < -0.4 is 0 Å². The number of carbonyl (C=O) groups excluding carboxylic acids is 2. The largest absolute Gasteiger partial charge is 0.469 e. The zero-order chi connectivity index (χ0) is 13.7. The van der Waals surface area contributed by atoms with Crippen molar-refractivity contribution in [2.45, 2.75) is 19.3 Å². The zero-order valence-corrected chi connectivity index (χ0v) is 11.0. The second-order valence-corrected chi connectivity index (χ2v) is 4.71. The summed E-state index contributed by atoms with van der Waals surface area (Å²) in [7, 11) is 1.41. The van der Waals surface area contributed by atoms with Crippen molar-refractivity contribution in [2.75, 3.05) is 20.2 Å². The van der Waals surface area contributed by atoms with Gasteiger partial charge in [-0.1, -0.05) is 0 Å². The van der Waals surface area contributed by atoms with Gasteiger partial charge in [0.05, 0.1) is 19.4 Å². The molecule has 0 bridgehead atoms. The fraction of sp³-hybridized carbons (Fsp3) is 0.500. The van der Waals surface area contributed by atoms with Crippen LogP contribution in [0.15, 0.2) is 24.5 Å². The summed E-state index contributed by atoms with van der Waals surface area (Å²) in [6.07, 6.45) is 5.15. The Labute approximate surface area is 112 Å². The normalized spacial score (nSPS) is 16.2. The molecule has 0 N–H and O–H groups in total. The highest BCUT2D eigenvalue weighted by Gasteiger charge is 2.27. The van der Waals surface area contributed by atoms with Crippen LogP contribution in [0.3, 0.4) is 0 Å². The number of rotatable bonds is 3. The minimum atomic E-state index is -0.166. The van der Waals surface area contributed by atoms with E-state index in [0.29, 0.717) is 32.4 Å². The maximum atomic E-state index is 12.1. The summed E-state index contributed by atoms with van der Waals surface area (Å²) in [6.45, 7) is 1.26. The van der Waals surface area contributed by atoms with Gasteiger partial charge in [0.15, 0.2) is 0 Å². The molecule has 2 rings (SSSR count). The summed E-state index contributed by atoms with van der Waals surface area (Å²) in [5.41, 5.74) is 0.968. The first-order valence-electron chi connectivity index (χ1n) is 6.45. The van der Waals surface area contributed by atoms with Crippen LogP contribution in [-0.2, 0) is 20.7 Å². The molecule has 0 unspecified atom stereocenters. The van der Waals surface area contributed by atoms with E-state index in [4.69, 9.17) is 4.74 Å². The fourth-order valence-corrected chi connectivity index (χ4v) is 2.32. The van der Waals surface area contributed by atoms with E-state index in [1.807, 2.05) is 17.0 Å². The molecule has 0 spiro atoms. The number of amides is 1. The first-order chi connectivity index (χ1) is 9.20. The number of carbonyl (C=O) groups is 2. The van der Waals surface area contributed by atoms with E-state index < -0.39 is 0 Å². The van der Waals surface area contributed by atoms with Crippen molar-refractivity contribution in [1.29, 1.82) is 0 Å². The van der Waals surface area contributed by atoms with Crippen molar-refractivity contribution in [2.24, 2.45) is 5.92 Å². The van der Waals surface area contributed by atoms with Crippen LogP contribution in [0.5, 0.6) is 0 Å². The second kappa shape index (κ2) is 6.31. The molecule has 0 aliphatic carbocycles. The van der Waals surface area contributed by atoms with Gasteiger partial charge in [-0.3, -0.25) is 14.6 Å². The topological polar surface area (TPSA) is 59.5 Å². The maximum absolute atomic E-state index is 12.1.